The standard InChI is InChI=1S/C28H31NO5/c1-3-5-13-33-19-10-11-20-23(17-19)21(27-24(20)15-18(29)16-25(27)30)12-14-34-26-9-7-6-8-22(26)28(31)32-4-2/h6-11,15,17,21H,3-5,12-14,16,29H2,1-2H3. The molecule has 0 saturated heterocycles. The highest BCUT2D eigenvalue weighted by Crippen LogP contribution is 2.48. The van der Waals surface area contributed by atoms with E-state index in [9.17, 15) is 9.59 Å². The number of hydrogen-bond acceptors (Lipinski definition) is 6. The van der Waals surface area contributed by atoms with E-state index in [1.807, 2.05) is 30.3 Å². The Kier molecular flexibility index (Phi) is 7.36. The molecule has 0 bridgehead atoms. The van der Waals surface area contributed by atoms with Crippen molar-refractivity contribution in [3.05, 3.63) is 76.5 Å². The van der Waals surface area contributed by atoms with Crippen LogP contribution in [0.3, 0.4) is 0 Å². The number of nitrogens with two attached hydrogens (primary N) is 1. The molecule has 0 radical (unpaired) electrons. The lowest BCUT2D eigenvalue weighted by molar-refractivity contribution is -0.115. The number of esters is 1. The maximum Gasteiger partial charge on any atom is 0.341 e. The van der Waals surface area contributed by atoms with Crippen LogP contribution in [0.5, 0.6) is 11.5 Å². The number of rotatable bonds is 10. The van der Waals surface area contributed by atoms with Crippen LogP contribution in [0.4, 0.5) is 0 Å². The fourth-order valence-electron chi connectivity index (χ4n) is 4.56. The van der Waals surface area contributed by atoms with Crippen molar-refractivity contribution in [1.82, 2.24) is 0 Å². The SMILES string of the molecule is CCCCOc1ccc2c(c1)C(CCOc1ccccc1C(=O)OCC)C1=C2C=C(N)CC1=O. The van der Waals surface area contributed by atoms with Gasteiger partial charge in [0.25, 0.3) is 0 Å². The number of hydrogen-bond donors (Lipinski definition) is 1. The zero-order chi connectivity index (χ0) is 24.1. The number of allylic oxidation sites excluding steroid dienone is 4. The Hall–Kier alpha value is -3.54. The van der Waals surface area contributed by atoms with Crippen LogP contribution in [0.2, 0.25) is 0 Å². The molecule has 2 N–H and O–H groups in total. The molecule has 34 heavy (non-hydrogen) atoms. The van der Waals surface area contributed by atoms with Gasteiger partial charge in [-0.05, 0) is 66.8 Å². The van der Waals surface area contributed by atoms with Crippen molar-refractivity contribution in [2.24, 2.45) is 5.73 Å². The van der Waals surface area contributed by atoms with E-state index in [1.165, 1.54) is 0 Å². The highest BCUT2D eigenvalue weighted by molar-refractivity contribution is 6.11. The first kappa shape index (κ1) is 23.6. The van der Waals surface area contributed by atoms with E-state index in [0.717, 1.165) is 40.9 Å². The average Bonchev–Trinajstić information content (AvgIpc) is 3.13. The minimum Gasteiger partial charge on any atom is -0.494 e. The number of Topliss-reactive ketones (excluding diaryl/α,β-unsaturated/α-hetero) is 1. The zero-order valence-electron chi connectivity index (χ0n) is 19.8. The van der Waals surface area contributed by atoms with Gasteiger partial charge in [0.1, 0.15) is 17.1 Å². The van der Waals surface area contributed by atoms with Gasteiger partial charge in [0.05, 0.1) is 26.2 Å². The number of benzene rings is 2. The molecule has 0 amide bonds. The second-order valence-electron chi connectivity index (χ2n) is 8.50. The van der Waals surface area contributed by atoms with Crippen molar-refractivity contribution in [1.29, 1.82) is 0 Å². The average molecular weight is 462 g/mol. The number of carbonyl (C=O) groups is 2. The minimum absolute atomic E-state index is 0.0524. The molecule has 1 unspecified atom stereocenters. The van der Waals surface area contributed by atoms with Gasteiger partial charge in [-0.3, -0.25) is 4.79 Å². The second kappa shape index (κ2) is 10.6. The lowest BCUT2D eigenvalue weighted by atomic mass is 9.87. The van der Waals surface area contributed by atoms with Crippen LogP contribution in [0.1, 0.15) is 66.9 Å². The lowest BCUT2D eigenvalue weighted by Gasteiger charge is -2.19. The Morgan fingerprint density at radius 3 is 2.71 bits per heavy atom. The molecule has 0 saturated carbocycles. The molecule has 2 aromatic rings. The fraction of sp³-hybridized carbons (Fsp3) is 0.357. The van der Waals surface area contributed by atoms with E-state index in [0.29, 0.717) is 43.3 Å². The molecule has 2 aliphatic rings. The molecule has 0 fully saturated rings. The molecule has 0 spiro atoms. The zero-order valence-corrected chi connectivity index (χ0v) is 19.8. The van der Waals surface area contributed by atoms with Gasteiger partial charge in [-0.25, -0.2) is 4.79 Å². The van der Waals surface area contributed by atoms with Gasteiger partial charge in [-0.1, -0.05) is 31.5 Å². The van der Waals surface area contributed by atoms with Gasteiger partial charge >= 0.3 is 5.97 Å². The van der Waals surface area contributed by atoms with Gasteiger partial charge in [-0.15, -0.1) is 0 Å². The fourth-order valence-corrected chi connectivity index (χ4v) is 4.56. The number of carbonyl (C=O) groups excluding carboxylic acids is 2. The van der Waals surface area contributed by atoms with Crippen LogP contribution in [-0.2, 0) is 9.53 Å². The van der Waals surface area contributed by atoms with Crippen molar-refractivity contribution in [3.63, 3.8) is 0 Å². The van der Waals surface area contributed by atoms with E-state index >= 15 is 0 Å². The predicted octanol–water partition coefficient (Wildman–Crippen LogP) is 5.18. The summed E-state index contributed by atoms with van der Waals surface area (Å²) in [6.45, 7) is 5.19. The van der Waals surface area contributed by atoms with Crippen molar-refractivity contribution >= 4 is 17.3 Å². The summed E-state index contributed by atoms with van der Waals surface area (Å²) < 4.78 is 17.1. The molecule has 6 nitrogen and oxygen atoms in total. The molecular formula is C28H31NO5. The molecule has 4 rings (SSSR count). The van der Waals surface area contributed by atoms with E-state index in [-0.39, 0.29) is 18.1 Å². The first-order valence-corrected chi connectivity index (χ1v) is 11.9. The van der Waals surface area contributed by atoms with Crippen LogP contribution < -0.4 is 15.2 Å². The van der Waals surface area contributed by atoms with Crippen molar-refractivity contribution in [2.75, 3.05) is 19.8 Å². The summed E-state index contributed by atoms with van der Waals surface area (Å²) in [5, 5.41) is 0. The molecular weight excluding hydrogens is 430 g/mol. The number of fused-ring (bicyclic) bond motifs is 2. The molecule has 0 aliphatic heterocycles. The first-order chi connectivity index (χ1) is 16.5. The summed E-state index contributed by atoms with van der Waals surface area (Å²) in [5.74, 6) is 0.799. The van der Waals surface area contributed by atoms with E-state index in [1.54, 1.807) is 25.1 Å². The third-order valence-corrected chi connectivity index (χ3v) is 6.14. The quantitative estimate of drug-likeness (QED) is 0.388. The van der Waals surface area contributed by atoms with Gasteiger partial charge < -0.3 is 19.9 Å². The van der Waals surface area contributed by atoms with Crippen LogP contribution >= 0.6 is 0 Å². The van der Waals surface area contributed by atoms with Crippen molar-refractivity contribution in [2.45, 2.75) is 45.4 Å². The van der Waals surface area contributed by atoms with E-state index in [4.69, 9.17) is 19.9 Å². The van der Waals surface area contributed by atoms with Gasteiger partial charge in [0.2, 0.25) is 0 Å². The molecule has 2 aromatic carbocycles. The van der Waals surface area contributed by atoms with Crippen LogP contribution in [0.25, 0.3) is 5.57 Å². The highest BCUT2D eigenvalue weighted by atomic mass is 16.5. The maximum atomic E-state index is 13.0. The Bertz CT molecular complexity index is 1150. The van der Waals surface area contributed by atoms with E-state index in [2.05, 4.69) is 6.92 Å². The highest BCUT2D eigenvalue weighted by Gasteiger charge is 2.36. The van der Waals surface area contributed by atoms with E-state index < -0.39 is 5.97 Å². The third kappa shape index (κ3) is 4.86. The number of ketones is 1. The Labute approximate surface area is 200 Å². The number of para-hydroxylation sites is 1. The molecule has 2 aliphatic carbocycles. The molecule has 0 heterocycles. The smallest absolute Gasteiger partial charge is 0.341 e. The molecule has 178 valence electrons. The molecule has 0 aromatic heterocycles. The van der Waals surface area contributed by atoms with Gasteiger partial charge in [-0.2, -0.15) is 0 Å². The maximum absolute atomic E-state index is 13.0. The molecule has 6 heteroatoms. The summed E-state index contributed by atoms with van der Waals surface area (Å²) in [4.78, 5) is 25.3. The molecule has 1 atom stereocenters. The summed E-state index contributed by atoms with van der Waals surface area (Å²) in [6.07, 6.45) is 4.79. The van der Waals surface area contributed by atoms with Crippen molar-refractivity contribution < 1.29 is 23.8 Å². The largest absolute Gasteiger partial charge is 0.494 e. The Morgan fingerprint density at radius 1 is 1.09 bits per heavy atom. The number of unbranched alkanes of at least 4 members (excludes halogenated alkanes) is 1. The second-order valence-corrected chi connectivity index (χ2v) is 8.50. The van der Waals surface area contributed by atoms with Crippen LogP contribution in [0.15, 0.2) is 59.8 Å². The van der Waals surface area contributed by atoms with Gasteiger partial charge in [0, 0.05) is 17.2 Å². The van der Waals surface area contributed by atoms with Crippen LogP contribution in [0, 0.1) is 0 Å². The number of ether oxygens (including phenoxy) is 3. The Balaban J connectivity index is 1.57. The third-order valence-electron chi connectivity index (χ3n) is 6.14. The normalized spacial score (nSPS) is 16.6. The minimum atomic E-state index is -0.411. The Morgan fingerprint density at radius 2 is 1.91 bits per heavy atom. The topological polar surface area (TPSA) is 87.8 Å². The first-order valence-electron chi connectivity index (χ1n) is 11.9. The summed E-state index contributed by atoms with van der Waals surface area (Å²) in [6, 6.07) is 13.1. The predicted molar refractivity (Wildman–Crippen MR) is 131 cm³/mol. The summed E-state index contributed by atoms with van der Waals surface area (Å²) >= 11 is 0. The lowest BCUT2D eigenvalue weighted by Crippen LogP contribution is -2.18. The van der Waals surface area contributed by atoms with Crippen LogP contribution in [-0.4, -0.2) is 31.6 Å². The summed E-state index contributed by atoms with van der Waals surface area (Å²) in [7, 11) is 0. The summed E-state index contributed by atoms with van der Waals surface area (Å²) in [5.41, 5.74) is 10.8. The van der Waals surface area contributed by atoms with Gasteiger partial charge in [0.15, 0.2) is 5.78 Å². The van der Waals surface area contributed by atoms with Crippen molar-refractivity contribution in [3.8, 4) is 11.5 Å². The monoisotopic (exact) mass is 461 g/mol.